The third kappa shape index (κ3) is 3.09. The number of imidazole rings is 1. The first-order valence-corrected chi connectivity index (χ1v) is 5.93. The normalized spacial score (nSPS) is 11.0. The van der Waals surface area contributed by atoms with E-state index in [0.29, 0.717) is 11.7 Å². The van der Waals surface area contributed by atoms with Gasteiger partial charge in [-0.25, -0.2) is 4.98 Å². The molecule has 2 aromatic rings. The summed E-state index contributed by atoms with van der Waals surface area (Å²) in [5.41, 5.74) is 1.09. The summed E-state index contributed by atoms with van der Waals surface area (Å²) in [7, 11) is 0. The highest BCUT2D eigenvalue weighted by Gasteiger charge is 2.06. The molecule has 1 heterocycles. The molecule has 0 unspecified atom stereocenters. The first-order chi connectivity index (χ1) is 8.15. The molecule has 2 rings (SSSR count). The van der Waals surface area contributed by atoms with Crippen LogP contribution in [0.3, 0.4) is 0 Å². The molecule has 90 valence electrons. The van der Waals surface area contributed by atoms with E-state index in [1.807, 2.05) is 24.5 Å². The molecular weight excluding hydrogens is 212 g/mol. The Morgan fingerprint density at radius 3 is 2.88 bits per heavy atom. The fourth-order valence-electron chi connectivity index (χ4n) is 1.89. The third-order valence-electron chi connectivity index (χ3n) is 2.66. The lowest BCUT2D eigenvalue weighted by Crippen LogP contribution is -2.07. The molecule has 0 amide bonds. The number of benzene rings is 1. The second-order valence-electron chi connectivity index (χ2n) is 4.74. The fourth-order valence-corrected chi connectivity index (χ4v) is 1.89. The summed E-state index contributed by atoms with van der Waals surface area (Å²) in [6.45, 7) is 5.14. The van der Waals surface area contributed by atoms with Gasteiger partial charge in [-0.2, -0.15) is 0 Å². The summed E-state index contributed by atoms with van der Waals surface area (Å²) in [4.78, 5) is 4.38. The molecule has 0 atom stereocenters. The molecule has 1 N–H and O–H groups in total. The van der Waals surface area contributed by atoms with Crippen molar-refractivity contribution in [3.8, 4) is 5.75 Å². The number of aromatic nitrogens is 2. The van der Waals surface area contributed by atoms with E-state index in [-0.39, 0.29) is 0 Å². The van der Waals surface area contributed by atoms with E-state index in [0.717, 1.165) is 24.4 Å². The van der Waals surface area contributed by atoms with Crippen LogP contribution in [0.25, 0.3) is 0 Å². The largest absolute Gasteiger partial charge is 0.508 e. The molecular formula is C14H18N2O. The van der Waals surface area contributed by atoms with Gasteiger partial charge in [0, 0.05) is 25.4 Å². The van der Waals surface area contributed by atoms with Crippen LogP contribution in [0.15, 0.2) is 36.7 Å². The minimum atomic E-state index is 0.313. The van der Waals surface area contributed by atoms with Crippen molar-refractivity contribution in [1.29, 1.82) is 0 Å². The van der Waals surface area contributed by atoms with Crippen molar-refractivity contribution in [1.82, 2.24) is 9.55 Å². The Kier molecular flexibility index (Phi) is 3.47. The van der Waals surface area contributed by atoms with Crippen LogP contribution in [0.5, 0.6) is 5.75 Å². The standard InChI is InChI=1S/C14H18N2O/c1-11(2)8-14-15-6-7-16(14)10-12-4-3-5-13(17)9-12/h3-7,9,11,17H,8,10H2,1-2H3. The monoisotopic (exact) mass is 230 g/mol. The first-order valence-electron chi connectivity index (χ1n) is 5.93. The van der Waals surface area contributed by atoms with E-state index < -0.39 is 0 Å². The minimum Gasteiger partial charge on any atom is -0.508 e. The van der Waals surface area contributed by atoms with E-state index in [2.05, 4.69) is 23.4 Å². The van der Waals surface area contributed by atoms with Gasteiger partial charge in [0.2, 0.25) is 0 Å². The molecule has 0 bridgehead atoms. The first kappa shape index (κ1) is 11.7. The van der Waals surface area contributed by atoms with Crippen LogP contribution >= 0.6 is 0 Å². The molecule has 1 aromatic heterocycles. The molecule has 0 aliphatic carbocycles. The van der Waals surface area contributed by atoms with Crippen molar-refractivity contribution >= 4 is 0 Å². The second kappa shape index (κ2) is 5.04. The maximum atomic E-state index is 9.43. The van der Waals surface area contributed by atoms with E-state index in [4.69, 9.17) is 0 Å². The Labute approximate surface area is 102 Å². The summed E-state index contributed by atoms with van der Waals surface area (Å²) in [6, 6.07) is 7.36. The zero-order chi connectivity index (χ0) is 12.3. The van der Waals surface area contributed by atoms with Gasteiger partial charge in [-0.1, -0.05) is 26.0 Å². The molecule has 17 heavy (non-hydrogen) atoms. The highest BCUT2D eigenvalue weighted by molar-refractivity contribution is 5.27. The van der Waals surface area contributed by atoms with Crippen LogP contribution in [-0.2, 0) is 13.0 Å². The Balaban J connectivity index is 2.16. The van der Waals surface area contributed by atoms with Crippen LogP contribution in [0.4, 0.5) is 0 Å². The molecule has 0 aliphatic rings. The van der Waals surface area contributed by atoms with Gasteiger partial charge in [0.25, 0.3) is 0 Å². The number of aromatic hydroxyl groups is 1. The van der Waals surface area contributed by atoms with E-state index in [1.165, 1.54) is 0 Å². The van der Waals surface area contributed by atoms with Gasteiger partial charge in [0.05, 0.1) is 0 Å². The average molecular weight is 230 g/mol. The highest BCUT2D eigenvalue weighted by Crippen LogP contribution is 2.14. The van der Waals surface area contributed by atoms with Crippen LogP contribution in [0, 0.1) is 5.92 Å². The molecule has 0 spiro atoms. The summed E-state index contributed by atoms with van der Waals surface area (Å²) < 4.78 is 2.13. The van der Waals surface area contributed by atoms with Crippen molar-refractivity contribution in [2.24, 2.45) is 5.92 Å². The Morgan fingerprint density at radius 1 is 1.35 bits per heavy atom. The van der Waals surface area contributed by atoms with Crippen molar-refractivity contribution in [2.75, 3.05) is 0 Å². The van der Waals surface area contributed by atoms with E-state index >= 15 is 0 Å². The fraction of sp³-hybridized carbons (Fsp3) is 0.357. The molecule has 0 aliphatic heterocycles. The number of phenols is 1. The summed E-state index contributed by atoms with van der Waals surface area (Å²) in [6.07, 6.45) is 4.80. The predicted octanol–water partition coefficient (Wildman–Crippen LogP) is 2.84. The van der Waals surface area contributed by atoms with Crippen LogP contribution in [0.1, 0.15) is 25.2 Å². The maximum absolute atomic E-state index is 9.43. The number of rotatable bonds is 4. The Morgan fingerprint density at radius 2 is 2.18 bits per heavy atom. The quantitative estimate of drug-likeness (QED) is 0.877. The molecule has 0 fully saturated rings. The number of phenolic OH excluding ortho intramolecular Hbond substituents is 1. The second-order valence-corrected chi connectivity index (χ2v) is 4.74. The third-order valence-corrected chi connectivity index (χ3v) is 2.66. The van der Waals surface area contributed by atoms with Crippen LogP contribution < -0.4 is 0 Å². The van der Waals surface area contributed by atoms with Gasteiger partial charge in [-0.3, -0.25) is 0 Å². The lowest BCUT2D eigenvalue weighted by molar-refractivity contribution is 0.474. The average Bonchev–Trinajstić information content (AvgIpc) is 2.65. The van der Waals surface area contributed by atoms with Crippen molar-refractivity contribution in [2.45, 2.75) is 26.8 Å². The van der Waals surface area contributed by atoms with Gasteiger partial charge in [0.1, 0.15) is 11.6 Å². The summed E-state index contributed by atoms with van der Waals surface area (Å²) in [5, 5.41) is 9.43. The molecule has 0 saturated heterocycles. The zero-order valence-electron chi connectivity index (χ0n) is 10.3. The van der Waals surface area contributed by atoms with Crippen LogP contribution in [0.2, 0.25) is 0 Å². The SMILES string of the molecule is CC(C)Cc1nccn1Cc1cccc(O)c1. The molecule has 3 nitrogen and oxygen atoms in total. The lowest BCUT2D eigenvalue weighted by atomic mass is 10.1. The smallest absolute Gasteiger partial charge is 0.115 e. The molecule has 1 aromatic carbocycles. The van der Waals surface area contributed by atoms with Gasteiger partial charge in [-0.15, -0.1) is 0 Å². The van der Waals surface area contributed by atoms with E-state index in [1.54, 1.807) is 12.1 Å². The number of hydrogen-bond acceptors (Lipinski definition) is 2. The number of hydrogen-bond donors (Lipinski definition) is 1. The van der Waals surface area contributed by atoms with Gasteiger partial charge >= 0.3 is 0 Å². The lowest BCUT2D eigenvalue weighted by Gasteiger charge is -2.09. The van der Waals surface area contributed by atoms with Crippen molar-refractivity contribution in [3.05, 3.63) is 48.0 Å². The highest BCUT2D eigenvalue weighted by atomic mass is 16.3. The van der Waals surface area contributed by atoms with Crippen molar-refractivity contribution in [3.63, 3.8) is 0 Å². The Bertz CT molecular complexity index is 488. The maximum Gasteiger partial charge on any atom is 0.115 e. The van der Waals surface area contributed by atoms with Gasteiger partial charge in [0.15, 0.2) is 0 Å². The van der Waals surface area contributed by atoms with Gasteiger partial charge in [-0.05, 0) is 23.6 Å². The predicted molar refractivity (Wildman–Crippen MR) is 68.0 cm³/mol. The Hall–Kier alpha value is -1.77. The number of nitrogens with zero attached hydrogens (tertiary/aromatic N) is 2. The van der Waals surface area contributed by atoms with Gasteiger partial charge < -0.3 is 9.67 Å². The van der Waals surface area contributed by atoms with Crippen molar-refractivity contribution < 1.29 is 5.11 Å². The molecule has 0 radical (unpaired) electrons. The van der Waals surface area contributed by atoms with Crippen LogP contribution in [-0.4, -0.2) is 14.7 Å². The topological polar surface area (TPSA) is 38.0 Å². The molecule has 3 heteroatoms. The minimum absolute atomic E-state index is 0.313. The summed E-state index contributed by atoms with van der Waals surface area (Å²) >= 11 is 0. The zero-order valence-corrected chi connectivity index (χ0v) is 10.3. The van der Waals surface area contributed by atoms with E-state index in [9.17, 15) is 5.11 Å². The summed E-state index contributed by atoms with van der Waals surface area (Å²) in [5.74, 6) is 2.01. The molecule has 0 saturated carbocycles.